The minimum atomic E-state index is -3.68. The van der Waals surface area contributed by atoms with Gasteiger partial charge in [-0.05, 0) is 56.0 Å². The van der Waals surface area contributed by atoms with E-state index in [2.05, 4.69) is 22.3 Å². The molecule has 0 radical (unpaired) electrons. The zero-order valence-electron chi connectivity index (χ0n) is 19.2. The first kappa shape index (κ1) is 23.7. The zero-order valence-corrected chi connectivity index (χ0v) is 20.0. The lowest BCUT2D eigenvalue weighted by Gasteiger charge is -2.32. The van der Waals surface area contributed by atoms with Gasteiger partial charge in [0.15, 0.2) is 0 Å². The Morgan fingerprint density at radius 3 is 2.52 bits per heavy atom. The summed E-state index contributed by atoms with van der Waals surface area (Å²) in [6, 6.07) is 15.1. The first-order chi connectivity index (χ1) is 16.0. The summed E-state index contributed by atoms with van der Waals surface area (Å²) in [7, 11) is -2.22. The maximum atomic E-state index is 13.2. The fourth-order valence-electron chi connectivity index (χ4n) is 4.70. The first-order valence-electron chi connectivity index (χ1n) is 11.7. The van der Waals surface area contributed by atoms with Crippen LogP contribution in [0.3, 0.4) is 0 Å². The second-order valence-corrected chi connectivity index (χ2v) is 10.8. The lowest BCUT2D eigenvalue weighted by Crippen LogP contribution is -2.40. The number of piperidine rings is 2. The number of anilines is 1. The summed E-state index contributed by atoms with van der Waals surface area (Å²) in [5, 5.41) is 2.96. The molecule has 1 N–H and O–H groups in total. The van der Waals surface area contributed by atoms with Crippen LogP contribution >= 0.6 is 0 Å². The molecule has 1 amide bonds. The molecule has 0 aliphatic carbocycles. The van der Waals surface area contributed by atoms with Gasteiger partial charge in [-0.1, -0.05) is 36.8 Å². The average molecular weight is 472 g/mol. The molecule has 7 nitrogen and oxygen atoms in total. The Hall–Kier alpha value is -2.42. The van der Waals surface area contributed by atoms with E-state index < -0.39 is 10.0 Å². The Morgan fingerprint density at radius 1 is 1.03 bits per heavy atom. The lowest BCUT2D eigenvalue weighted by molar-refractivity contribution is -0.121. The van der Waals surface area contributed by atoms with Gasteiger partial charge in [0.1, 0.15) is 10.6 Å². The van der Waals surface area contributed by atoms with Gasteiger partial charge in [0.2, 0.25) is 15.9 Å². The number of hydrogen-bond acceptors (Lipinski definition) is 5. The molecular formula is C25H33N3O4S. The van der Waals surface area contributed by atoms with Gasteiger partial charge in [0.25, 0.3) is 0 Å². The van der Waals surface area contributed by atoms with Crippen molar-refractivity contribution in [2.24, 2.45) is 5.92 Å². The van der Waals surface area contributed by atoms with Crippen molar-refractivity contribution in [1.82, 2.24) is 9.21 Å². The van der Waals surface area contributed by atoms with Crippen LogP contribution in [0.15, 0.2) is 53.4 Å². The molecule has 2 saturated heterocycles. The number of nitrogens with zero attached hydrogens (tertiary/aromatic N) is 2. The Bertz CT molecular complexity index is 1050. The number of rotatable bonds is 7. The van der Waals surface area contributed by atoms with Crippen LogP contribution in [0.5, 0.6) is 5.75 Å². The fourth-order valence-corrected chi connectivity index (χ4v) is 6.40. The second-order valence-electron chi connectivity index (χ2n) is 8.88. The minimum absolute atomic E-state index is 0.0701. The van der Waals surface area contributed by atoms with Crippen molar-refractivity contribution in [3.05, 3.63) is 54.1 Å². The Balaban J connectivity index is 1.46. The van der Waals surface area contributed by atoms with E-state index in [9.17, 15) is 13.2 Å². The second kappa shape index (κ2) is 10.7. The molecule has 1 atom stereocenters. The molecule has 2 aliphatic heterocycles. The first-order valence-corrected chi connectivity index (χ1v) is 13.2. The number of ether oxygens (including phenoxy) is 1. The smallest absolute Gasteiger partial charge is 0.246 e. The number of sulfonamides is 1. The van der Waals surface area contributed by atoms with Crippen molar-refractivity contribution in [2.45, 2.75) is 43.5 Å². The monoisotopic (exact) mass is 471 g/mol. The van der Waals surface area contributed by atoms with Gasteiger partial charge in [0, 0.05) is 31.9 Å². The molecule has 2 fully saturated rings. The van der Waals surface area contributed by atoms with Crippen LogP contribution in [0.1, 0.15) is 37.7 Å². The SMILES string of the molecule is COc1ccc(NC(=O)C2CCCN(Cc3ccccc3)C2)cc1S(=O)(=O)N1CCCCC1. The molecule has 0 saturated carbocycles. The Morgan fingerprint density at radius 2 is 1.79 bits per heavy atom. The number of carbonyl (C=O) groups is 1. The molecule has 8 heteroatoms. The van der Waals surface area contributed by atoms with Gasteiger partial charge in [-0.25, -0.2) is 8.42 Å². The summed E-state index contributed by atoms with van der Waals surface area (Å²) in [6.07, 6.45) is 4.55. The number of nitrogens with one attached hydrogen (secondary N) is 1. The highest BCUT2D eigenvalue weighted by Crippen LogP contribution is 2.31. The van der Waals surface area contributed by atoms with E-state index >= 15 is 0 Å². The van der Waals surface area contributed by atoms with E-state index in [0.717, 1.165) is 45.2 Å². The van der Waals surface area contributed by atoms with Gasteiger partial charge < -0.3 is 10.1 Å². The van der Waals surface area contributed by atoms with Crippen molar-refractivity contribution in [1.29, 1.82) is 0 Å². The van der Waals surface area contributed by atoms with E-state index in [-0.39, 0.29) is 16.7 Å². The van der Waals surface area contributed by atoms with Crippen molar-refractivity contribution in [3.63, 3.8) is 0 Å². The van der Waals surface area contributed by atoms with Gasteiger partial charge in [-0.15, -0.1) is 0 Å². The van der Waals surface area contributed by atoms with Crippen LogP contribution in [0.25, 0.3) is 0 Å². The van der Waals surface area contributed by atoms with E-state index in [1.54, 1.807) is 12.1 Å². The summed E-state index contributed by atoms with van der Waals surface area (Å²) >= 11 is 0. The maximum absolute atomic E-state index is 13.2. The van der Waals surface area contributed by atoms with Gasteiger partial charge >= 0.3 is 0 Å². The highest BCUT2D eigenvalue weighted by Gasteiger charge is 2.30. The molecular weight excluding hydrogens is 438 g/mol. The maximum Gasteiger partial charge on any atom is 0.246 e. The third-order valence-corrected chi connectivity index (χ3v) is 8.41. The molecule has 2 heterocycles. The standard InChI is InChI=1S/C25H33N3O4S/c1-32-23-13-12-22(17-24(23)33(30,31)28-15-6-3-7-16-28)26-25(29)21-11-8-14-27(19-21)18-20-9-4-2-5-10-20/h2,4-5,9-10,12-13,17,21H,3,6-8,11,14-16,18-19H2,1H3,(H,26,29). The lowest BCUT2D eigenvalue weighted by atomic mass is 9.96. The molecule has 2 aromatic carbocycles. The predicted molar refractivity (Wildman–Crippen MR) is 129 cm³/mol. The summed E-state index contributed by atoms with van der Waals surface area (Å²) < 4.78 is 33.4. The molecule has 0 aromatic heterocycles. The van der Waals surface area contributed by atoms with E-state index in [1.165, 1.54) is 23.0 Å². The average Bonchev–Trinajstić information content (AvgIpc) is 2.85. The summed E-state index contributed by atoms with van der Waals surface area (Å²) in [6.45, 7) is 3.52. The number of methoxy groups -OCH3 is 1. The Kier molecular flexibility index (Phi) is 7.67. The largest absolute Gasteiger partial charge is 0.495 e. The molecule has 2 aliphatic rings. The highest BCUT2D eigenvalue weighted by atomic mass is 32.2. The van der Waals surface area contributed by atoms with Crippen LogP contribution in [0, 0.1) is 5.92 Å². The topological polar surface area (TPSA) is 79.0 Å². The molecule has 4 rings (SSSR count). The van der Waals surface area contributed by atoms with Crippen LogP contribution < -0.4 is 10.1 Å². The van der Waals surface area contributed by atoms with Gasteiger partial charge in [-0.2, -0.15) is 4.31 Å². The van der Waals surface area contributed by atoms with Crippen molar-refractivity contribution >= 4 is 21.6 Å². The minimum Gasteiger partial charge on any atom is -0.495 e. The highest BCUT2D eigenvalue weighted by molar-refractivity contribution is 7.89. The summed E-state index contributed by atoms with van der Waals surface area (Å²) in [4.78, 5) is 15.5. The fraction of sp³-hybridized carbons (Fsp3) is 0.480. The van der Waals surface area contributed by atoms with Crippen LogP contribution in [0.2, 0.25) is 0 Å². The number of benzene rings is 2. The zero-order chi connectivity index (χ0) is 23.3. The number of carbonyl (C=O) groups excluding carboxylic acids is 1. The van der Waals surface area contributed by atoms with Gasteiger partial charge in [-0.3, -0.25) is 9.69 Å². The van der Waals surface area contributed by atoms with Crippen molar-refractivity contribution in [3.8, 4) is 5.75 Å². The summed E-state index contributed by atoms with van der Waals surface area (Å²) in [5.74, 6) is 0.0937. The van der Waals surface area contributed by atoms with E-state index in [1.807, 2.05) is 18.2 Å². The molecule has 2 aromatic rings. The summed E-state index contributed by atoms with van der Waals surface area (Å²) in [5.41, 5.74) is 1.72. The van der Waals surface area contributed by atoms with Crippen LogP contribution in [-0.4, -0.2) is 56.8 Å². The van der Waals surface area contributed by atoms with Gasteiger partial charge in [0.05, 0.1) is 13.0 Å². The Labute approximate surface area is 196 Å². The quantitative estimate of drug-likeness (QED) is 0.666. The van der Waals surface area contributed by atoms with Crippen molar-refractivity contribution in [2.75, 3.05) is 38.6 Å². The van der Waals surface area contributed by atoms with Crippen molar-refractivity contribution < 1.29 is 17.9 Å². The third-order valence-electron chi connectivity index (χ3n) is 6.49. The predicted octanol–water partition coefficient (Wildman–Crippen LogP) is 3.72. The number of amides is 1. The molecule has 0 bridgehead atoms. The molecule has 33 heavy (non-hydrogen) atoms. The van der Waals surface area contributed by atoms with E-state index in [4.69, 9.17) is 4.74 Å². The van der Waals surface area contributed by atoms with Crippen LogP contribution in [-0.2, 0) is 21.4 Å². The number of likely N-dealkylation sites (tertiary alicyclic amines) is 1. The molecule has 0 spiro atoms. The third kappa shape index (κ3) is 5.75. The number of hydrogen-bond donors (Lipinski definition) is 1. The van der Waals surface area contributed by atoms with Crippen LogP contribution in [0.4, 0.5) is 5.69 Å². The molecule has 1 unspecified atom stereocenters. The normalized spacial score (nSPS) is 20.3. The molecule has 178 valence electrons. The van der Waals surface area contributed by atoms with E-state index in [0.29, 0.717) is 31.1 Å².